The highest BCUT2D eigenvalue weighted by molar-refractivity contribution is 5.58. The van der Waals surface area contributed by atoms with Crippen LogP contribution in [0.4, 0.5) is 5.69 Å². The molecule has 0 fully saturated rings. The van der Waals surface area contributed by atoms with Crippen molar-refractivity contribution in [2.45, 2.75) is 25.8 Å². The number of anilines is 1. The number of hydrogen-bond donors (Lipinski definition) is 0. The Labute approximate surface area is 135 Å². The van der Waals surface area contributed by atoms with E-state index in [1.54, 1.807) is 6.20 Å². The number of pyridine rings is 1. The maximum atomic E-state index is 5.50. The van der Waals surface area contributed by atoms with E-state index in [-0.39, 0.29) is 6.04 Å². The largest absolute Gasteiger partial charge is 0.359 e. The molecule has 4 rings (SSSR count). The van der Waals surface area contributed by atoms with Crippen LogP contribution in [0.3, 0.4) is 0 Å². The molecule has 1 unspecified atom stereocenters. The zero-order valence-corrected chi connectivity index (χ0v) is 13.0. The van der Waals surface area contributed by atoms with Crippen molar-refractivity contribution < 1.29 is 4.52 Å². The molecule has 0 saturated carbocycles. The van der Waals surface area contributed by atoms with Gasteiger partial charge in [0.25, 0.3) is 0 Å². The molecule has 3 aromatic rings. The van der Waals surface area contributed by atoms with E-state index in [1.807, 2.05) is 18.3 Å². The highest BCUT2D eigenvalue weighted by Crippen LogP contribution is 2.34. The maximum Gasteiger partial charge on any atom is 0.249 e. The number of rotatable bonds is 4. The van der Waals surface area contributed by atoms with Gasteiger partial charge in [0.05, 0.1) is 0 Å². The molecule has 0 radical (unpaired) electrons. The lowest BCUT2D eigenvalue weighted by atomic mass is 10.2. The molecular formula is C18H18N4O. The Hall–Kier alpha value is -2.69. The normalized spacial score (nSPS) is 14.7. The predicted molar refractivity (Wildman–Crippen MR) is 87.2 cm³/mol. The molecular weight excluding hydrogens is 288 g/mol. The molecule has 3 heterocycles. The molecule has 1 aromatic carbocycles. The first-order valence-electron chi connectivity index (χ1n) is 7.87. The molecule has 1 aliphatic rings. The molecule has 2 aromatic heterocycles. The van der Waals surface area contributed by atoms with Crippen LogP contribution in [0.1, 0.15) is 35.8 Å². The standard InChI is InChI=1S/C18H18N4O/c1-13(22-10-8-15-6-2-3-7-16(15)22)18-20-17(21-23-18)11-14-5-4-9-19-12-14/h2-7,9,12-13H,8,10-11H2,1H3. The van der Waals surface area contributed by atoms with Gasteiger partial charge >= 0.3 is 0 Å². The van der Waals surface area contributed by atoms with E-state index in [0.29, 0.717) is 18.1 Å². The number of para-hydroxylation sites is 1. The summed E-state index contributed by atoms with van der Waals surface area (Å²) in [5, 5.41) is 4.12. The molecule has 0 N–H and O–H groups in total. The van der Waals surface area contributed by atoms with Crippen molar-refractivity contribution in [3.05, 3.63) is 71.6 Å². The van der Waals surface area contributed by atoms with Crippen LogP contribution in [0.25, 0.3) is 0 Å². The monoisotopic (exact) mass is 306 g/mol. The van der Waals surface area contributed by atoms with Crippen LogP contribution in [-0.2, 0) is 12.8 Å². The molecule has 0 bridgehead atoms. The zero-order chi connectivity index (χ0) is 15.6. The van der Waals surface area contributed by atoms with Gasteiger partial charge in [0, 0.05) is 31.0 Å². The molecule has 1 aliphatic heterocycles. The van der Waals surface area contributed by atoms with E-state index in [0.717, 1.165) is 18.5 Å². The Morgan fingerprint density at radius 2 is 2.13 bits per heavy atom. The van der Waals surface area contributed by atoms with Gasteiger partial charge in [-0.1, -0.05) is 29.4 Å². The minimum absolute atomic E-state index is 0.0776. The highest BCUT2D eigenvalue weighted by Gasteiger charge is 2.27. The number of hydrogen-bond acceptors (Lipinski definition) is 5. The second-order valence-corrected chi connectivity index (χ2v) is 5.83. The molecule has 0 amide bonds. The molecule has 5 heteroatoms. The highest BCUT2D eigenvalue weighted by atomic mass is 16.5. The average molecular weight is 306 g/mol. The van der Waals surface area contributed by atoms with Gasteiger partial charge < -0.3 is 9.42 Å². The van der Waals surface area contributed by atoms with Crippen molar-refractivity contribution in [2.75, 3.05) is 11.4 Å². The minimum Gasteiger partial charge on any atom is -0.359 e. The fourth-order valence-electron chi connectivity index (χ4n) is 3.09. The van der Waals surface area contributed by atoms with Gasteiger partial charge in [-0.15, -0.1) is 0 Å². The fourth-order valence-corrected chi connectivity index (χ4v) is 3.09. The van der Waals surface area contributed by atoms with Gasteiger partial charge in [-0.05, 0) is 36.6 Å². The van der Waals surface area contributed by atoms with Crippen molar-refractivity contribution in [1.29, 1.82) is 0 Å². The average Bonchev–Trinajstić information content (AvgIpc) is 3.22. The summed E-state index contributed by atoms with van der Waals surface area (Å²) in [6, 6.07) is 12.5. The first kappa shape index (κ1) is 13.9. The van der Waals surface area contributed by atoms with Gasteiger partial charge in [0.15, 0.2) is 5.82 Å². The van der Waals surface area contributed by atoms with Crippen LogP contribution in [-0.4, -0.2) is 21.7 Å². The summed E-state index contributed by atoms with van der Waals surface area (Å²) in [6.45, 7) is 3.10. The second-order valence-electron chi connectivity index (χ2n) is 5.83. The summed E-state index contributed by atoms with van der Waals surface area (Å²) in [5.74, 6) is 1.37. The Balaban J connectivity index is 1.53. The van der Waals surface area contributed by atoms with Crippen molar-refractivity contribution in [2.24, 2.45) is 0 Å². The first-order valence-corrected chi connectivity index (χ1v) is 7.87. The third-order valence-electron chi connectivity index (χ3n) is 4.32. The van der Waals surface area contributed by atoms with Gasteiger partial charge in [0.2, 0.25) is 5.89 Å². The Bertz CT molecular complexity index is 800. The number of fused-ring (bicyclic) bond motifs is 1. The molecule has 1 atom stereocenters. The summed E-state index contributed by atoms with van der Waals surface area (Å²) in [4.78, 5) is 11.0. The minimum atomic E-state index is 0.0776. The summed E-state index contributed by atoms with van der Waals surface area (Å²) in [5.41, 5.74) is 3.74. The molecule has 0 spiro atoms. The second kappa shape index (κ2) is 5.83. The maximum absolute atomic E-state index is 5.50. The van der Waals surface area contributed by atoms with Crippen LogP contribution in [0.2, 0.25) is 0 Å². The summed E-state index contributed by atoms with van der Waals surface area (Å²) >= 11 is 0. The summed E-state index contributed by atoms with van der Waals surface area (Å²) in [6.07, 6.45) is 5.30. The SMILES string of the molecule is CC(c1nc(Cc2cccnc2)no1)N1CCc2ccccc21. The lowest BCUT2D eigenvalue weighted by Gasteiger charge is -2.24. The molecule has 5 nitrogen and oxygen atoms in total. The van der Waals surface area contributed by atoms with Crippen molar-refractivity contribution >= 4 is 5.69 Å². The van der Waals surface area contributed by atoms with Crippen LogP contribution in [0, 0.1) is 0 Å². The lowest BCUT2D eigenvalue weighted by molar-refractivity contribution is 0.352. The summed E-state index contributed by atoms with van der Waals surface area (Å²) < 4.78 is 5.50. The van der Waals surface area contributed by atoms with Crippen LogP contribution >= 0.6 is 0 Å². The Morgan fingerprint density at radius 3 is 3.00 bits per heavy atom. The van der Waals surface area contributed by atoms with E-state index in [2.05, 4.69) is 51.2 Å². The van der Waals surface area contributed by atoms with E-state index in [4.69, 9.17) is 4.52 Å². The molecule has 116 valence electrons. The predicted octanol–water partition coefficient (Wildman–Crippen LogP) is 3.18. The molecule has 23 heavy (non-hydrogen) atoms. The van der Waals surface area contributed by atoms with Gasteiger partial charge in [-0.2, -0.15) is 4.98 Å². The quantitative estimate of drug-likeness (QED) is 0.741. The summed E-state index contributed by atoms with van der Waals surface area (Å²) in [7, 11) is 0. The van der Waals surface area contributed by atoms with E-state index < -0.39 is 0 Å². The lowest BCUT2D eigenvalue weighted by Crippen LogP contribution is -2.24. The Morgan fingerprint density at radius 1 is 1.22 bits per heavy atom. The van der Waals surface area contributed by atoms with E-state index >= 15 is 0 Å². The van der Waals surface area contributed by atoms with Gasteiger partial charge in [0.1, 0.15) is 6.04 Å². The van der Waals surface area contributed by atoms with Crippen LogP contribution in [0.5, 0.6) is 0 Å². The fraction of sp³-hybridized carbons (Fsp3) is 0.278. The Kier molecular flexibility index (Phi) is 3.54. The van der Waals surface area contributed by atoms with Crippen molar-refractivity contribution in [3.8, 4) is 0 Å². The third kappa shape index (κ3) is 2.70. The third-order valence-corrected chi connectivity index (χ3v) is 4.32. The van der Waals surface area contributed by atoms with Gasteiger partial charge in [-0.3, -0.25) is 4.98 Å². The molecule has 0 aliphatic carbocycles. The topological polar surface area (TPSA) is 55.1 Å². The zero-order valence-electron chi connectivity index (χ0n) is 13.0. The van der Waals surface area contributed by atoms with E-state index in [9.17, 15) is 0 Å². The van der Waals surface area contributed by atoms with Crippen molar-refractivity contribution in [3.63, 3.8) is 0 Å². The first-order chi connectivity index (χ1) is 11.3. The smallest absolute Gasteiger partial charge is 0.249 e. The van der Waals surface area contributed by atoms with Crippen LogP contribution < -0.4 is 4.90 Å². The molecule has 0 saturated heterocycles. The number of aromatic nitrogens is 3. The number of benzene rings is 1. The van der Waals surface area contributed by atoms with E-state index in [1.165, 1.54) is 11.3 Å². The van der Waals surface area contributed by atoms with Crippen LogP contribution in [0.15, 0.2) is 53.3 Å². The number of nitrogens with zero attached hydrogens (tertiary/aromatic N) is 4. The van der Waals surface area contributed by atoms with Crippen molar-refractivity contribution in [1.82, 2.24) is 15.1 Å². The van der Waals surface area contributed by atoms with Gasteiger partial charge in [-0.25, -0.2) is 0 Å².